The van der Waals surface area contributed by atoms with Crippen molar-refractivity contribution in [1.82, 2.24) is 24.6 Å². The van der Waals surface area contributed by atoms with Gasteiger partial charge in [0.05, 0.1) is 36.1 Å². The third-order valence-corrected chi connectivity index (χ3v) is 7.43. The van der Waals surface area contributed by atoms with Crippen LogP contribution in [0.2, 0.25) is 5.02 Å². The van der Waals surface area contributed by atoms with Crippen LogP contribution in [0.3, 0.4) is 0 Å². The number of likely N-dealkylation sites (N-methyl/N-ethyl adjacent to an activating group) is 1. The predicted octanol–water partition coefficient (Wildman–Crippen LogP) is 5.29. The molecule has 1 aliphatic rings. The van der Waals surface area contributed by atoms with Crippen molar-refractivity contribution in [2.75, 3.05) is 55.1 Å². The van der Waals surface area contributed by atoms with Crippen molar-refractivity contribution in [1.29, 1.82) is 0 Å². The van der Waals surface area contributed by atoms with Crippen molar-refractivity contribution in [2.24, 2.45) is 7.05 Å². The summed E-state index contributed by atoms with van der Waals surface area (Å²) in [6, 6.07) is 13.9. The largest absolute Gasteiger partial charge is 0.494 e. The van der Waals surface area contributed by atoms with Gasteiger partial charge in [-0.1, -0.05) is 36.4 Å². The summed E-state index contributed by atoms with van der Waals surface area (Å²) >= 11 is 6.51. The van der Waals surface area contributed by atoms with Gasteiger partial charge in [-0.3, -0.25) is 9.48 Å². The van der Waals surface area contributed by atoms with Gasteiger partial charge in [-0.2, -0.15) is 10.1 Å². The van der Waals surface area contributed by atoms with Gasteiger partial charge in [-0.15, -0.1) is 0 Å². The van der Waals surface area contributed by atoms with E-state index in [0.29, 0.717) is 34.0 Å². The Balaban J connectivity index is 1.46. The molecule has 0 radical (unpaired) electrons. The van der Waals surface area contributed by atoms with Crippen molar-refractivity contribution < 1.29 is 9.53 Å². The number of carbonyl (C=O) groups is 1. The zero-order valence-electron chi connectivity index (χ0n) is 24.1. The fraction of sp³-hybridized carbons (Fsp3) is 0.267. The topological polar surface area (TPSA) is 112 Å². The Hall–Kier alpha value is -4.61. The van der Waals surface area contributed by atoms with E-state index in [4.69, 9.17) is 16.3 Å². The van der Waals surface area contributed by atoms with E-state index in [2.05, 4.69) is 61.5 Å². The van der Waals surface area contributed by atoms with Gasteiger partial charge in [-0.05, 0) is 44.8 Å². The van der Waals surface area contributed by atoms with Crippen LogP contribution in [-0.4, -0.2) is 70.9 Å². The van der Waals surface area contributed by atoms with E-state index in [1.165, 1.54) is 12.3 Å². The summed E-state index contributed by atoms with van der Waals surface area (Å²) < 4.78 is 7.51. The van der Waals surface area contributed by atoms with Crippen LogP contribution in [0.5, 0.6) is 5.75 Å². The highest BCUT2D eigenvalue weighted by molar-refractivity contribution is 6.33. The van der Waals surface area contributed by atoms with E-state index in [1.807, 2.05) is 55.7 Å². The summed E-state index contributed by atoms with van der Waals surface area (Å²) in [5.41, 5.74) is 4.58. The van der Waals surface area contributed by atoms with Crippen molar-refractivity contribution in [3.63, 3.8) is 0 Å². The molecule has 0 bridgehead atoms. The third kappa shape index (κ3) is 6.32. The number of methoxy groups -OCH3 is 1. The Kier molecular flexibility index (Phi) is 8.60. The minimum atomic E-state index is -0.309. The number of nitrogens with zero attached hydrogens (tertiary/aromatic N) is 6. The summed E-state index contributed by atoms with van der Waals surface area (Å²) in [6.07, 6.45) is 5.68. The van der Waals surface area contributed by atoms with Crippen molar-refractivity contribution >= 4 is 52.0 Å². The predicted molar refractivity (Wildman–Crippen MR) is 168 cm³/mol. The van der Waals surface area contributed by atoms with E-state index in [9.17, 15) is 4.79 Å². The molecule has 3 N–H and O–H groups in total. The van der Waals surface area contributed by atoms with Crippen LogP contribution in [0.15, 0.2) is 67.5 Å². The lowest BCUT2D eigenvalue weighted by molar-refractivity contribution is -0.111. The minimum absolute atomic E-state index is 0.290. The molecule has 3 heterocycles. The number of halogens is 1. The van der Waals surface area contributed by atoms with Crippen molar-refractivity contribution in [3.05, 3.63) is 72.5 Å². The molecule has 1 aliphatic heterocycles. The average Bonchev–Trinajstić information content (AvgIpc) is 3.65. The quantitative estimate of drug-likeness (QED) is 0.213. The zero-order chi connectivity index (χ0) is 29.8. The van der Waals surface area contributed by atoms with E-state index in [0.717, 1.165) is 42.1 Å². The maximum Gasteiger partial charge on any atom is 0.247 e. The number of hydrogen-bond acceptors (Lipinski definition) is 9. The molecular weight excluding hydrogens is 554 g/mol. The highest BCUT2D eigenvalue weighted by Gasteiger charge is 2.27. The Bertz CT molecular complexity index is 1600. The molecule has 2 aromatic carbocycles. The number of rotatable bonds is 10. The van der Waals surface area contributed by atoms with Crippen LogP contribution >= 0.6 is 11.6 Å². The molecule has 12 heteroatoms. The van der Waals surface area contributed by atoms with Crippen LogP contribution in [0.1, 0.15) is 6.42 Å². The van der Waals surface area contributed by atoms with E-state index in [-0.39, 0.29) is 11.9 Å². The third-order valence-electron chi connectivity index (χ3n) is 7.16. The average molecular weight is 588 g/mol. The first-order valence-corrected chi connectivity index (χ1v) is 13.9. The fourth-order valence-corrected chi connectivity index (χ4v) is 5.04. The highest BCUT2D eigenvalue weighted by Crippen LogP contribution is 2.40. The summed E-state index contributed by atoms with van der Waals surface area (Å²) in [5.74, 6) is 0.971. The maximum absolute atomic E-state index is 12.4. The number of benzene rings is 2. The molecular formula is C30H34ClN9O2. The lowest BCUT2D eigenvalue weighted by Gasteiger charge is -2.25. The van der Waals surface area contributed by atoms with Gasteiger partial charge < -0.3 is 30.5 Å². The molecule has 42 heavy (non-hydrogen) atoms. The van der Waals surface area contributed by atoms with Gasteiger partial charge >= 0.3 is 0 Å². The molecule has 4 aromatic rings. The summed E-state index contributed by atoms with van der Waals surface area (Å²) in [5, 5.41) is 14.4. The molecule has 1 unspecified atom stereocenters. The summed E-state index contributed by atoms with van der Waals surface area (Å²) in [4.78, 5) is 25.9. The Morgan fingerprint density at radius 1 is 1.17 bits per heavy atom. The van der Waals surface area contributed by atoms with Gasteiger partial charge in [0.2, 0.25) is 11.9 Å². The normalized spacial score (nSPS) is 14.6. The summed E-state index contributed by atoms with van der Waals surface area (Å²) in [6.45, 7) is 5.29. The van der Waals surface area contributed by atoms with Crippen molar-refractivity contribution in [3.8, 4) is 17.0 Å². The van der Waals surface area contributed by atoms with Crippen LogP contribution in [-0.2, 0) is 11.8 Å². The molecule has 0 saturated carbocycles. The Morgan fingerprint density at radius 2 is 1.98 bits per heavy atom. The van der Waals surface area contributed by atoms with E-state index < -0.39 is 0 Å². The number of carbonyl (C=O) groups excluding carboxylic acids is 1. The molecule has 5 rings (SSSR count). The highest BCUT2D eigenvalue weighted by atomic mass is 35.5. The second-order valence-electron chi connectivity index (χ2n) is 10.2. The van der Waals surface area contributed by atoms with E-state index >= 15 is 0 Å². The van der Waals surface area contributed by atoms with Crippen LogP contribution in [0.25, 0.3) is 11.3 Å². The lowest BCUT2D eigenvalue weighted by Crippen LogP contribution is -2.31. The van der Waals surface area contributed by atoms with Gasteiger partial charge in [0.1, 0.15) is 10.8 Å². The first-order valence-electron chi connectivity index (χ1n) is 13.5. The minimum Gasteiger partial charge on any atom is -0.494 e. The Morgan fingerprint density at radius 3 is 2.67 bits per heavy atom. The number of nitrogens with one attached hydrogen (secondary N) is 3. The first kappa shape index (κ1) is 28.9. The number of hydrogen-bond donors (Lipinski definition) is 3. The number of anilines is 6. The maximum atomic E-state index is 12.4. The van der Waals surface area contributed by atoms with Crippen LogP contribution in [0, 0.1) is 0 Å². The molecule has 1 amide bonds. The molecule has 0 spiro atoms. The first-order chi connectivity index (χ1) is 20.2. The number of ether oxygens (including phenoxy) is 1. The number of para-hydroxylation sites is 1. The molecule has 11 nitrogen and oxygen atoms in total. The second kappa shape index (κ2) is 12.5. The zero-order valence-corrected chi connectivity index (χ0v) is 24.8. The van der Waals surface area contributed by atoms with Gasteiger partial charge in [0.15, 0.2) is 5.82 Å². The Labute approximate surface area is 250 Å². The van der Waals surface area contributed by atoms with Gasteiger partial charge in [0.25, 0.3) is 0 Å². The molecule has 1 saturated heterocycles. The van der Waals surface area contributed by atoms with Gasteiger partial charge in [-0.25, -0.2) is 4.98 Å². The second-order valence-corrected chi connectivity index (χ2v) is 10.6. The van der Waals surface area contributed by atoms with E-state index in [1.54, 1.807) is 11.8 Å². The number of aromatic nitrogens is 4. The van der Waals surface area contributed by atoms with Crippen LogP contribution < -0.4 is 25.6 Å². The van der Waals surface area contributed by atoms with Gasteiger partial charge in [0, 0.05) is 49.7 Å². The molecule has 2 aromatic heterocycles. The summed E-state index contributed by atoms with van der Waals surface area (Å²) in [7, 11) is 7.63. The lowest BCUT2D eigenvalue weighted by atomic mass is 10.1. The molecule has 218 valence electrons. The standard InChI is InChI=1S/C30H34ClN9O2/c1-6-28(41)33-24-15-25(27(42-5)16-26(24)40-14-11-19(18-40)38(2)3)35-30-32-17-21(31)29(36-30)34-22-10-8-7-9-20(22)23-12-13-39(4)37-23/h6-10,12-13,15-17,19H,1,11,14,18H2,2-5H3,(H,33,41)(H2,32,34,35,36). The number of aryl methyl sites for hydroxylation is 1. The molecule has 1 fully saturated rings. The molecule has 1 atom stereocenters. The smallest absolute Gasteiger partial charge is 0.247 e. The van der Waals surface area contributed by atoms with Crippen molar-refractivity contribution in [2.45, 2.75) is 12.5 Å². The molecule has 0 aliphatic carbocycles. The van der Waals surface area contributed by atoms with Crippen LogP contribution in [0.4, 0.5) is 34.5 Å². The SMILES string of the molecule is C=CC(=O)Nc1cc(Nc2ncc(Cl)c(Nc3ccccc3-c3ccn(C)n3)n2)c(OC)cc1N1CCC(N(C)C)C1. The monoisotopic (exact) mass is 587 g/mol. The fourth-order valence-electron chi connectivity index (χ4n) is 4.90. The number of amides is 1.